The molecule has 0 bridgehead atoms. The molecule has 72 valence electrons. The van der Waals surface area contributed by atoms with Gasteiger partial charge >= 0.3 is 0 Å². The zero-order valence-corrected chi connectivity index (χ0v) is 9.01. The SMILES string of the molecule is COc1c(C(C)(C)C)ccnc1C. The molecule has 0 aliphatic heterocycles. The minimum absolute atomic E-state index is 0.110. The largest absolute Gasteiger partial charge is 0.495 e. The monoisotopic (exact) mass is 179 g/mol. The second kappa shape index (κ2) is 3.36. The van der Waals surface area contributed by atoms with E-state index in [4.69, 9.17) is 4.74 Å². The Labute approximate surface area is 80.0 Å². The molecule has 0 saturated heterocycles. The van der Waals surface area contributed by atoms with Gasteiger partial charge in [-0.1, -0.05) is 20.8 Å². The van der Waals surface area contributed by atoms with Crippen molar-refractivity contribution in [3.05, 3.63) is 23.5 Å². The van der Waals surface area contributed by atoms with Crippen LogP contribution < -0.4 is 4.74 Å². The average Bonchev–Trinajstić information content (AvgIpc) is 2.02. The van der Waals surface area contributed by atoms with Crippen LogP contribution in [0.4, 0.5) is 0 Å². The number of methoxy groups -OCH3 is 1. The topological polar surface area (TPSA) is 22.1 Å². The first-order valence-electron chi connectivity index (χ1n) is 4.47. The number of hydrogen-bond acceptors (Lipinski definition) is 2. The fourth-order valence-corrected chi connectivity index (χ4v) is 1.40. The standard InChI is InChI=1S/C11H17NO/c1-8-10(13-5)9(6-7-12-8)11(2,3)4/h6-7H,1-5H3. The van der Waals surface area contributed by atoms with E-state index in [1.54, 1.807) is 7.11 Å². The Morgan fingerprint density at radius 3 is 2.31 bits per heavy atom. The van der Waals surface area contributed by atoms with Crippen molar-refractivity contribution in [1.29, 1.82) is 0 Å². The van der Waals surface area contributed by atoms with E-state index in [1.807, 2.05) is 19.2 Å². The highest BCUT2D eigenvalue weighted by Gasteiger charge is 2.19. The molecule has 0 fully saturated rings. The van der Waals surface area contributed by atoms with Crippen molar-refractivity contribution in [3.8, 4) is 5.75 Å². The van der Waals surface area contributed by atoms with Crippen molar-refractivity contribution < 1.29 is 4.74 Å². The summed E-state index contributed by atoms with van der Waals surface area (Å²) < 4.78 is 5.34. The summed E-state index contributed by atoms with van der Waals surface area (Å²) in [5.74, 6) is 0.912. The molecular weight excluding hydrogens is 162 g/mol. The number of rotatable bonds is 1. The predicted molar refractivity (Wildman–Crippen MR) is 54.2 cm³/mol. The lowest BCUT2D eigenvalue weighted by Gasteiger charge is -2.22. The van der Waals surface area contributed by atoms with Gasteiger partial charge in [0.05, 0.1) is 12.8 Å². The van der Waals surface area contributed by atoms with Gasteiger partial charge in [-0.3, -0.25) is 4.98 Å². The molecular formula is C11H17NO. The predicted octanol–water partition coefficient (Wildman–Crippen LogP) is 2.70. The Bertz CT molecular complexity index is 299. The van der Waals surface area contributed by atoms with Gasteiger partial charge in [-0.25, -0.2) is 0 Å². The molecule has 0 N–H and O–H groups in total. The van der Waals surface area contributed by atoms with Gasteiger partial charge in [0, 0.05) is 11.8 Å². The molecule has 0 radical (unpaired) electrons. The molecule has 1 heterocycles. The average molecular weight is 179 g/mol. The van der Waals surface area contributed by atoms with Crippen LogP contribution >= 0.6 is 0 Å². The summed E-state index contributed by atoms with van der Waals surface area (Å²) in [6, 6.07) is 2.02. The minimum Gasteiger partial charge on any atom is -0.495 e. The summed E-state index contributed by atoms with van der Waals surface area (Å²) in [7, 11) is 1.69. The summed E-state index contributed by atoms with van der Waals surface area (Å²) in [5.41, 5.74) is 2.27. The van der Waals surface area contributed by atoms with Crippen LogP contribution in [0.2, 0.25) is 0 Å². The first kappa shape index (κ1) is 10.0. The van der Waals surface area contributed by atoms with Crippen molar-refractivity contribution >= 4 is 0 Å². The van der Waals surface area contributed by atoms with Crippen molar-refractivity contribution in [2.24, 2.45) is 0 Å². The van der Waals surface area contributed by atoms with E-state index < -0.39 is 0 Å². The number of aromatic nitrogens is 1. The van der Waals surface area contributed by atoms with E-state index in [9.17, 15) is 0 Å². The number of ether oxygens (including phenoxy) is 1. The fourth-order valence-electron chi connectivity index (χ4n) is 1.40. The number of pyridine rings is 1. The molecule has 1 rings (SSSR count). The van der Waals surface area contributed by atoms with Gasteiger partial charge in [0.25, 0.3) is 0 Å². The molecule has 13 heavy (non-hydrogen) atoms. The number of nitrogens with zero attached hydrogens (tertiary/aromatic N) is 1. The van der Waals surface area contributed by atoms with Gasteiger partial charge in [0.2, 0.25) is 0 Å². The first-order chi connectivity index (χ1) is 5.96. The highest BCUT2D eigenvalue weighted by molar-refractivity contribution is 5.40. The van der Waals surface area contributed by atoms with E-state index in [-0.39, 0.29) is 5.41 Å². The second-order valence-corrected chi connectivity index (χ2v) is 4.23. The van der Waals surface area contributed by atoms with Gasteiger partial charge in [0.1, 0.15) is 5.75 Å². The molecule has 0 aliphatic rings. The van der Waals surface area contributed by atoms with Gasteiger partial charge in [0.15, 0.2) is 0 Å². The van der Waals surface area contributed by atoms with Crippen LogP contribution in [0.15, 0.2) is 12.3 Å². The smallest absolute Gasteiger partial charge is 0.143 e. The van der Waals surface area contributed by atoms with Crippen LogP contribution in [-0.4, -0.2) is 12.1 Å². The molecule has 0 aromatic carbocycles. The second-order valence-electron chi connectivity index (χ2n) is 4.23. The third-order valence-corrected chi connectivity index (χ3v) is 2.09. The highest BCUT2D eigenvalue weighted by Crippen LogP contribution is 2.32. The third-order valence-electron chi connectivity index (χ3n) is 2.09. The van der Waals surface area contributed by atoms with Crippen LogP contribution in [0.25, 0.3) is 0 Å². The van der Waals surface area contributed by atoms with E-state index in [2.05, 4.69) is 25.8 Å². The molecule has 0 spiro atoms. The molecule has 0 unspecified atom stereocenters. The molecule has 0 amide bonds. The van der Waals surface area contributed by atoms with Gasteiger partial charge in [-0.05, 0) is 18.4 Å². The third kappa shape index (κ3) is 2.00. The van der Waals surface area contributed by atoms with Crippen molar-refractivity contribution in [3.63, 3.8) is 0 Å². The summed E-state index contributed by atoms with van der Waals surface area (Å²) in [6.45, 7) is 8.48. The maximum absolute atomic E-state index is 5.34. The zero-order valence-electron chi connectivity index (χ0n) is 9.01. The van der Waals surface area contributed by atoms with Crippen LogP contribution in [0.5, 0.6) is 5.75 Å². The van der Waals surface area contributed by atoms with Crippen LogP contribution in [0.3, 0.4) is 0 Å². The summed E-state index contributed by atoms with van der Waals surface area (Å²) in [5, 5.41) is 0. The highest BCUT2D eigenvalue weighted by atomic mass is 16.5. The normalized spacial score (nSPS) is 11.5. The molecule has 1 aromatic rings. The number of hydrogen-bond donors (Lipinski definition) is 0. The Morgan fingerprint density at radius 1 is 1.31 bits per heavy atom. The lowest BCUT2D eigenvalue weighted by atomic mass is 9.86. The summed E-state index contributed by atoms with van der Waals surface area (Å²) in [4.78, 5) is 4.20. The van der Waals surface area contributed by atoms with Crippen molar-refractivity contribution in [2.45, 2.75) is 33.1 Å². The summed E-state index contributed by atoms with van der Waals surface area (Å²) in [6.07, 6.45) is 1.83. The quantitative estimate of drug-likeness (QED) is 0.661. The van der Waals surface area contributed by atoms with Gasteiger partial charge in [-0.2, -0.15) is 0 Å². The van der Waals surface area contributed by atoms with E-state index in [0.717, 1.165) is 11.4 Å². The maximum atomic E-state index is 5.34. The first-order valence-corrected chi connectivity index (χ1v) is 4.47. The lowest BCUT2D eigenvalue weighted by Crippen LogP contribution is -2.13. The van der Waals surface area contributed by atoms with Crippen molar-refractivity contribution in [2.75, 3.05) is 7.11 Å². The Morgan fingerprint density at radius 2 is 1.92 bits per heavy atom. The van der Waals surface area contributed by atoms with Gasteiger partial charge < -0.3 is 4.74 Å². The lowest BCUT2D eigenvalue weighted by molar-refractivity contribution is 0.392. The van der Waals surface area contributed by atoms with E-state index >= 15 is 0 Å². The maximum Gasteiger partial charge on any atom is 0.143 e. The van der Waals surface area contributed by atoms with E-state index in [1.165, 1.54) is 5.56 Å². The molecule has 1 aromatic heterocycles. The summed E-state index contributed by atoms with van der Waals surface area (Å²) >= 11 is 0. The van der Waals surface area contributed by atoms with Crippen LogP contribution in [-0.2, 0) is 5.41 Å². The molecule has 2 heteroatoms. The Hall–Kier alpha value is -1.05. The van der Waals surface area contributed by atoms with Crippen LogP contribution in [0.1, 0.15) is 32.0 Å². The molecule has 0 aliphatic carbocycles. The zero-order chi connectivity index (χ0) is 10.1. The Balaban J connectivity index is 3.29. The van der Waals surface area contributed by atoms with Crippen LogP contribution in [0, 0.1) is 6.92 Å². The molecule has 0 saturated carbocycles. The Kier molecular flexibility index (Phi) is 2.60. The van der Waals surface area contributed by atoms with Gasteiger partial charge in [-0.15, -0.1) is 0 Å². The fraction of sp³-hybridized carbons (Fsp3) is 0.545. The number of aryl methyl sites for hydroxylation is 1. The minimum atomic E-state index is 0.110. The molecule has 2 nitrogen and oxygen atoms in total. The van der Waals surface area contributed by atoms with Crippen molar-refractivity contribution in [1.82, 2.24) is 4.98 Å². The molecule has 0 atom stereocenters. The van der Waals surface area contributed by atoms with E-state index in [0.29, 0.717) is 0 Å².